The third-order valence-corrected chi connectivity index (χ3v) is 1.90. The van der Waals surface area contributed by atoms with Gasteiger partial charge >= 0.3 is 0 Å². The van der Waals surface area contributed by atoms with Crippen LogP contribution in [0.25, 0.3) is 0 Å². The second kappa shape index (κ2) is 3.48. The number of rotatable bonds is 2. The van der Waals surface area contributed by atoms with E-state index < -0.39 is 0 Å². The van der Waals surface area contributed by atoms with Crippen LogP contribution in [0.3, 0.4) is 0 Å². The molecule has 0 aliphatic heterocycles. The molecule has 1 aromatic rings. The molecule has 0 spiro atoms. The van der Waals surface area contributed by atoms with Gasteiger partial charge in [-0.1, -0.05) is 0 Å². The van der Waals surface area contributed by atoms with Crippen molar-refractivity contribution in [1.29, 1.82) is 0 Å². The summed E-state index contributed by atoms with van der Waals surface area (Å²) in [5.41, 5.74) is 0.921. The van der Waals surface area contributed by atoms with Crippen molar-refractivity contribution in [3.05, 3.63) is 17.1 Å². The Morgan fingerprint density at radius 3 is 3.00 bits per heavy atom. The minimum atomic E-state index is -0.0227. The van der Waals surface area contributed by atoms with Crippen molar-refractivity contribution in [2.75, 3.05) is 0 Å². The fraction of sp³-hybridized carbons (Fsp3) is 0.429. The summed E-state index contributed by atoms with van der Waals surface area (Å²) in [6.45, 7) is 3.42. The van der Waals surface area contributed by atoms with E-state index in [0.717, 1.165) is 5.69 Å². The normalized spacial score (nSPS) is 12.5. The van der Waals surface area contributed by atoms with Gasteiger partial charge in [0, 0.05) is 12.3 Å². The number of hydrogen-bond acceptors (Lipinski definition) is 3. The lowest BCUT2D eigenvalue weighted by Gasteiger charge is -2.07. The highest BCUT2D eigenvalue weighted by atomic mass is 32.1. The molecular weight excluding hydrogens is 160 g/mol. The van der Waals surface area contributed by atoms with Crippen LogP contribution in [0.1, 0.15) is 25.6 Å². The topological polar surface area (TPSA) is 42.0 Å². The molecule has 1 amide bonds. The molecule has 1 unspecified atom stereocenters. The fourth-order valence-corrected chi connectivity index (χ4v) is 1.43. The largest absolute Gasteiger partial charge is 0.348 e. The van der Waals surface area contributed by atoms with Gasteiger partial charge in [0.15, 0.2) is 0 Å². The molecule has 1 rings (SSSR count). The Kier molecular flexibility index (Phi) is 2.59. The van der Waals surface area contributed by atoms with Crippen LogP contribution >= 0.6 is 11.5 Å². The molecule has 0 aliphatic carbocycles. The van der Waals surface area contributed by atoms with E-state index in [-0.39, 0.29) is 11.9 Å². The number of aromatic nitrogens is 1. The van der Waals surface area contributed by atoms with Gasteiger partial charge in [-0.3, -0.25) is 4.79 Å². The number of carbonyl (C=O) groups is 1. The summed E-state index contributed by atoms with van der Waals surface area (Å²) in [6, 6.07) is 1.93. The predicted molar refractivity (Wildman–Crippen MR) is 44.3 cm³/mol. The molecule has 0 saturated carbocycles. The van der Waals surface area contributed by atoms with E-state index in [2.05, 4.69) is 9.69 Å². The zero-order chi connectivity index (χ0) is 8.27. The number of hydrogen-bond donors (Lipinski definition) is 1. The minimum absolute atomic E-state index is 0.0227. The Bertz CT molecular complexity index is 233. The third kappa shape index (κ3) is 2.31. The highest BCUT2D eigenvalue weighted by Crippen LogP contribution is 2.10. The molecule has 0 fully saturated rings. The summed E-state index contributed by atoms with van der Waals surface area (Å²) in [5, 5.41) is 4.65. The van der Waals surface area contributed by atoms with Crippen molar-refractivity contribution in [3.8, 4) is 0 Å². The molecule has 11 heavy (non-hydrogen) atoms. The highest BCUT2D eigenvalue weighted by Gasteiger charge is 2.06. The highest BCUT2D eigenvalue weighted by molar-refractivity contribution is 7.03. The molecular formula is C7H10N2OS. The van der Waals surface area contributed by atoms with E-state index in [4.69, 9.17) is 0 Å². The maximum Gasteiger partial charge on any atom is 0.217 e. The zero-order valence-electron chi connectivity index (χ0n) is 6.50. The van der Waals surface area contributed by atoms with Crippen molar-refractivity contribution in [2.45, 2.75) is 19.9 Å². The van der Waals surface area contributed by atoms with Crippen molar-refractivity contribution >= 4 is 17.4 Å². The van der Waals surface area contributed by atoms with Gasteiger partial charge in [-0.05, 0) is 24.5 Å². The molecule has 0 radical (unpaired) electrons. The first-order chi connectivity index (χ1) is 5.20. The van der Waals surface area contributed by atoms with Gasteiger partial charge in [-0.2, -0.15) is 4.37 Å². The summed E-state index contributed by atoms with van der Waals surface area (Å²) in [4.78, 5) is 10.6. The van der Waals surface area contributed by atoms with Crippen LogP contribution in [-0.2, 0) is 4.79 Å². The Hall–Kier alpha value is -0.900. The quantitative estimate of drug-likeness (QED) is 0.727. The van der Waals surface area contributed by atoms with Gasteiger partial charge in [0.2, 0.25) is 5.91 Å². The summed E-state index contributed by atoms with van der Waals surface area (Å²) in [6.07, 6.45) is 0. The monoisotopic (exact) mass is 170 g/mol. The van der Waals surface area contributed by atoms with Crippen LogP contribution < -0.4 is 5.32 Å². The van der Waals surface area contributed by atoms with E-state index in [1.165, 1.54) is 18.5 Å². The number of nitrogens with zero attached hydrogens (tertiary/aromatic N) is 1. The first kappa shape index (κ1) is 8.20. The second-order valence-corrected chi connectivity index (χ2v) is 3.01. The van der Waals surface area contributed by atoms with Crippen molar-refractivity contribution in [2.24, 2.45) is 0 Å². The Morgan fingerprint density at radius 1 is 1.82 bits per heavy atom. The molecule has 0 saturated heterocycles. The number of amides is 1. The molecule has 0 aromatic carbocycles. The van der Waals surface area contributed by atoms with E-state index in [0.29, 0.717) is 0 Å². The molecule has 4 heteroatoms. The van der Waals surface area contributed by atoms with Gasteiger partial charge in [-0.15, -0.1) is 0 Å². The van der Waals surface area contributed by atoms with Crippen LogP contribution in [0, 0.1) is 0 Å². The van der Waals surface area contributed by atoms with E-state index >= 15 is 0 Å². The molecule has 1 atom stereocenters. The summed E-state index contributed by atoms with van der Waals surface area (Å²) < 4.78 is 4.10. The van der Waals surface area contributed by atoms with Gasteiger partial charge in [-0.25, -0.2) is 0 Å². The molecule has 1 heterocycles. The maximum atomic E-state index is 10.6. The average Bonchev–Trinajstić information content (AvgIpc) is 2.35. The van der Waals surface area contributed by atoms with Gasteiger partial charge in [0.1, 0.15) is 0 Å². The first-order valence-electron chi connectivity index (χ1n) is 3.37. The molecule has 1 N–H and O–H groups in total. The summed E-state index contributed by atoms with van der Waals surface area (Å²) in [5.74, 6) is -0.0227. The van der Waals surface area contributed by atoms with Crippen LogP contribution in [0.4, 0.5) is 0 Å². The van der Waals surface area contributed by atoms with Crippen molar-refractivity contribution < 1.29 is 4.79 Å². The van der Waals surface area contributed by atoms with Crippen LogP contribution in [0.15, 0.2) is 11.4 Å². The predicted octanol–water partition coefficient (Wildman–Crippen LogP) is 1.34. The number of carbonyl (C=O) groups excluding carboxylic acids is 1. The third-order valence-electron chi connectivity index (χ3n) is 1.32. The standard InChI is InChI=1S/C7H10N2OS/c1-5(8-6(2)10)7-3-4-11-9-7/h3-5H,1-2H3,(H,8,10). The zero-order valence-corrected chi connectivity index (χ0v) is 7.31. The molecule has 0 bridgehead atoms. The Balaban J connectivity index is 2.56. The second-order valence-electron chi connectivity index (χ2n) is 2.35. The molecule has 60 valence electrons. The Morgan fingerprint density at radius 2 is 2.55 bits per heavy atom. The molecule has 1 aromatic heterocycles. The average molecular weight is 170 g/mol. The minimum Gasteiger partial charge on any atom is -0.348 e. The van der Waals surface area contributed by atoms with Gasteiger partial charge < -0.3 is 5.32 Å². The Labute approximate surface area is 69.6 Å². The van der Waals surface area contributed by atoms with Crippen LogP contribution in [-0.4, -0.2) is 10.3 Å². The summed E-state index contributed by atoms with van der Waals surface area (Å²) >= 11 is 1.39. The molecule has 0 aliphatic rings. The smallest absolute Gasteiger partial charge is 0.217 e. The van der Waals surface area contributed by atoms with Crippen LogP contribution in [0.5, 0.6) is 0 Å². The van der Waals surface area contributed by atoms with Crippen LogP contribution in [0.2, 0.25) is 0 Å². The molecule has 3 nitrogen and oxygen atoms in total. The first-order valence-corrected chi connectivity index (χ1v) is 4.21. The SMILES string of the molecule is CC(=O)NC(C)c1ccsn1. The fourth-order valence-electron chi connectivity index (χ4n) is 0.824. The van der Waals surface area contributed by atoms with E-state index in [1.54, 1.807) is 0 Å². The van der Waals surface area contributed by atoms with Crippen molar-refractivity contribution in [1.82, 2.24) is 9.69 Å². The van der Waals surface area contributed by atoms with E-state index in [9.17, 15) is 4.79 Å². The maximum absolute atomic E-state index is 10.6. The lowest BCUT2D eigenvalue weighted by molar-refractivity contribution is -0.119. The summed E-state index contributed by atoms with van der Waals surface area (Å²) in [7, 11) is 0. The van der Waals surface area contributed by atoms with Crippen molar-refractivity contribution in [3.63, 3.8) is 0 Å². The van der Waals surface area contributed by atoms with E-state index in [1.807, 2.05) is 18.4 Å². The lowest BCUT2D eigenvalue weighted by Crippen LogP contribution is -2.23. The number of nitrogens with one attached hydrogen (secondary N) is 1. The van der Waals surface area contributed by atoms with Gasteiger partial charge in [0.25, 0.3) is 0 Å². The van der Waals surface area contributed by atoms with Gasteiger partial charge in [0.05, 0.1) is 11.7 Å². The lowest BCUT2D eigenvalue weighted by atomic mass is 10.2.